The van der Waals surface area contributed by atoms with Crippen LogP contribution in [0, 0.1) is 5.41 Å². The van der Waals surface area contributed by atoms with Gasteiger partial charge in [0.05, 0.1) is 0 Å². The number of esters is 1. The van der Waals surface area contributed by atoms with Gasteiger partial charge >= 0.3 is 12.0 Å². The van der Waals surface area contributed by atoms with Crippen molar-refractivity contribution in [3.05, 3.63) is 35.9 Å². The molecule has 1 aromatic rings. The summed E-state index contributed by atoms with van der Waals surface area (Å²) in [6.45, 7) is 5.95. The zero-order chi connectivity index (χ0) is 17.6. The first kappa shape index (κ1) is 18.3. The number of hydrogen-bond acceptors (Lipinski definition) is 3. The van der Waals surface area contributed by atoms with Crippen molar-refractivity contribution < 1.29 is 14.3 Å². The standard InChI is InChI=1S/C19H28N2O3/c1-19(2,3)16(21-18(23)20-15-11-7-8-12-15)17(22)24-13-14-9-5-4-6-10-14/h4-6,9-10,15-16H,7-8,11-13H2,1-3H3,(H2,20,21,23). The molecule has 2 rings (SSSR count). The molecule has 1 atom stereocenters. The molecular weight excluding hydrogens is 304 g/mol. The molecule has 5 nitrogen and oxygen atoms in total. The summed E-state index contributed by atoms with van der Waals surface area (Å²) in [6, 6.07) is 8.75. The Hall–Kier alpha value is -2.04. The van der Waals surface area contributed by atoms with Gasteiger partial charge in [0.1, 0.15) is 12.6 Å². The molecule has 0 aliphatic heterocycles. The molecule has 1 fully saturated rings. The van der Waals surface area contributed by atoms with Crippen LogP contribution in [0.15, 0.2) is 30.3 Å². The van der Waals surface area contributed by atoms with E-state index in [0.717, 1.165) is 31.2 Å². The third-order valence-corrected chi connectivity index (χ3v) is 4.29. The first-order valence-electron chi connectivity index (χ1n) is 8.64. The predicted octanol–water partition coefficient (Wildman–Crippen LogP) is 3.39. The number of ether oxygens (including phenoxy) is 1. The van der Waals surface area contributed by atoms with Crippen LogP contribution in [0.1, 0.15) is 52.0 Å². The lowest BCUT2D eigenvalue weighted by Gasteiger charge is -2.30. The van der Waals surface area contributed by atoms with Crippen LogP contribution in [-0.2, 0) is 16.1 Å². The van der Waals surface area contributed by atoms with Gasteiger partial charge in [0.15, 0.2) is 0 Å². The second kappa shape index (κ2) is 8.18. The van der Waals surface area contributed by atoms with Crippen LogP contribution in [0.3, 0.4) is 0 Å². The molecule has 1 unspecified atom stereocenters. The van der Waals surface area contributed by atoms with Crippen LogP contribution in [-0.4, -0.2) is 24.1 Å². The van der Waals surface area contributed by atoms with E-state index in [2.05, 4.69) is 10.6 Å². The molecule has 1 aliphatic carbocycles. The summed E-state index contributed by atoms with van der Waals surface area (Å²) in [5.74, 6) is -0.409. The molecule has 2 N–H and O–H groups in total. The number of nitrogens with one attached hydrogen (secondary N) is 2. The zero-order valence-corrected chi connectivity index (χ0v) is 14.8. The first-order valence-corrected chi connectivity index (χ1v) is 8.64. The minimum Gasteiger partial charge on any atom is -0.459 e. The van der Waals surface area contributed by atoms with Gasteiger partial charge in [-0.25, -0.2) is 9.59 Å². The van der Waals surface area contributed by atoms with Crippen molar-refractivity contribution in [3.63, 3.8) is 0 Å². The van der Waals surface area contributed by atoms with E-state index < -0.39 is 17.4 Å². The molecule has 0 bridgehead atoms. The highest BCUT2D eigenvalue weighted by molar-refractivity contribution is 5.84. The lowest BCUT2D eigenvalue weighted by Crippen LogP contribution is -2.54. The van der Waals surface area contributed by atoms with Crippen molar-refractivity contribution in [2.24, 2.45) is 5.41 Å². The molecule has 1 aliphatic rings. The van der Waals surface area contributed by atoms with Gasteiger partial charge in [0.2, 0.25) is 0 Å². The summed E-state index contributed by atoms with van der Waals surface area (Å²) in [5, 5.41) is 5.75. The molecular formula is C19H28N2O3. The maximum Gasteiger partial charge on any atom is 0.329 e. The van der Waals surface area contributed by atoms with E-state index in [-0.39, 0.29) is 18.7 Å². The second-order valence-electron chi connectivity index (χ2n) is 7.49. The number of rotatable bonds is 5. The van der Waals surface area contributed by atoms with Gasteiger partial charge in [0.25, 0.3) is 0 Å². The topological polar surface area (TPSA) is 67.4 Å². The highest BCUT2D eigenvalue weighted by Gasteiger charge is 2.34. The molecule has 0 spiro atoms. The van der Waals surface area contributed by atoms with Gasteiger partial charge in [-0.1, -0.05) is 63.9 Å². The Morgan fingerprint density at radius 2 is 1.79 bits per heavy atom. The van der Waals surface area contributed by atoms with E-state index in [1.54, 1.807) is 0 Å². The number of carbonyl (C=O) groups excluding carboxylic acids is 2. The molecule has 1 aromatic carbocycles. The van der Waals surface area contributed by atoms with E-state index in [1.807, 2.05) is 51.1 Å². The van der Waals surface area contributed by atoms with E-state index in [4.69, 9.17) is 4.74 Å². The Balaban J connectivity index is 1.91. The van der Waals surface area contributed by atoms with E-state index in [1.165, 1.54) is 0 Å². The number of hydrogen-bond donors (Lipinski definition) is 2. The van der Waals surface area contributed by atoms with Crippen molar-refractivity contribution in [2.45, 2.75) is 65.1 Å². The number of urea groups is 1. The molecule has 5 heteroatoms. The van der Waals surface area contributed by atoms with Gasteiger partial charge in [0, 0.05) is 6.04 Å². The fourth-order valence-electron chi connectivity index (χ4n) is 2.87. The van der Waals surface area contributed by atoms with Gasteiger partial charge in [-0.3, -0.25) is 0 Å². The molecule has 0 radical (unpaired) electrons. The maximum atomic E-state index is 12.5. The molecule has 132 valence electrons. The largest absolute Gasteiger partial charge is 0.459 e. The van der Waals surface area contributed by atoms with Crippen LogP contribution in [0.2, 0.25) is 0 Å². The molecule has 2 amide bonds. The summed E-state index contributed by atoms with van der Waals surface area (Å²) in [4.78, 5) is 24.7. The summed E-state index contributed by atoms with van der Waals surface area (Å²) in [6.07, 6.45) is 4.30. The van der Waals surface area contributed by atoms with E-state index in [9.17, 15) is 9.59 Å². The van der Waals surface area contributed by atoms with Crippen LogP contribution in [0.5, 0.6) is 0 Å². The van der Waals surface area contributed by atoms with Crippen molar-refractivity contribution in [1.29, 1.82) is 0 Å². The monoisotopic (exact) mass is 332 g/mol. The molecule has 24 heavy (non-hydrogen) atoms. The fraction of sp³-hybridized carbons (Fsp3) is 0.579. The Kier molecular flexibility index (Phi) is 6.23. The third kappa shape index (κ3) is 5.55. The Labute approximate surface area is 144 Å². The molecule has 0 heterocycles. The fourth-order valence-corrected chi connectivity index (χ4v) is 2.87. The Morgan fingerprint density at radius 1 is 1.17 bits per heavy atom. The average molecular weight is 332 g/mol. The predicted molar refractivity (Wildman–Crippen MR) is 93.4 cm³/mol. The van der Waals surface area contributed by atoms with Crippen LogP contribution in [0.4, 0.5) is 4.79 Å². The average Bonchev–Trinajstić information content (AvgIpc) is 3.03. The van der Waals surface area contributed by atoms with Gasteiger partial charge in [-0.05, 0) is 23.8 Å². The van der Waals surface area contributed by atoms with Crippen LogP contribution >= 0.6 is 0 Å². The van der Waals surface area contributed by atoms with Gasteiger partial charge in [-0.15, -0.1) is 0 Å². The normalized spacial score (nSPS) is 16.5. The summed E-state index contributed by atoms with van der Waals surface area (Å²) < 4.78 is 5.41. The van der Waals surface area contributed by atoms with Crippen LogP contribution < -0.4 is 10.6 Å². The Bertz CT molecular complexity index is 545. The molecule has 1 saturated carbocycles. The van der Waals surface area contributed by atoms with Crippen molar-refractivity contribution >= 4 is 12.0 Å². The summed E-state index contributed by atoms with van der Waals surface area (Å²) in [7, 11) is 0. The first-order chi connectivity index (χ1) is 11.4. The molecule has 0 aromatic heterocycles. The van der Waals surface area contributed by atoms with Crippen molar-refractivity contribution in [1.82, 2.24) is 10.6 Å². The van der Waals surface area contributed by atoms with Gasteiger partial charge < -0.3 is 15.4 Å². The third-order valence-electron chi connectivity index (χ3n) is 4.29. The SMILES string of the molecule is CC(C)(C)C(NC(=O)NC1CCCC1)C(=O)OCc1ccccc1. The minimum absolute atomic E-state index is 0.207. The number of benzene rings is 1. The smallest absolute Gasteiger partial charge is 0.329 e. The van der Waals surface area contributed by atoms with E-state index in [0.29, 0.717) is 0 Å². The highest BCUT2D eigenvalue weighted by atomic mass is 16.5. The summed E-state index contributed by atoms with van der Waals surface area (Å²) in [5.41, 5.74) is 0.495. The quantitative estimate of drug-likeness (QED) is 0.812. The van der Waals surface area contributed by atoms with Crippen LogP contribution in [0.25, 0.3) is 0 Å². The van der Waals surface area contributed by atoms with Crippen molar-refractivity contribution in [3.8, 4) is 0 Å². The zero-order valence-electron chi connectivity index (χ0n) is 14.8. The Morgan fingerprint density at radius 3 is 2.38 bits per heavy atom. The molecule has 0 saturated heterocycles. The second-order valence-corrected chi connectivity index (χ2v) is 7.49. The number of amides is 2. The summed E-state index contributed by atoms with van der Waals surface area (Å²) >= 11 is 0. The maximum absolute atomic E-state index is 12.5. The minimum atomic E-state index is -0.692. The lowest BCUT2D eigenvalue weighted by molar-refractivity contribution is -0.150. The number of carbonyl (C=O) groups is 2. The highest BCUT2D eigenvalue weighted by Crippen LogP contribution is 2.22. The van der Waals surface area contributed by atoms with Gasteiger partial charge in [-0.2, -0.15) is 0 Å². The van der Waals surface area contributed by atoms with E-state index >= 15 is 0 Å². The van der Waals surface area contributed by atoms with Crippen molar-refractivity contribution in [2.75, 3.05) is 0 Å². The lowest BCUT2D eigenvalue weighted by atomic mass is 9.87.